The molecule has 0 heterocycles. The molecule has 2 aromatic carbocycles. The van der Waals surface area contributed by atoms with Crippen molar-refractivity contribution < 1.29 is 4.79 Å². The van der Waals surface area contributed by atoms with Gasteiger partial charge in [0.15, 0.2) is 0 Å². The van der Waals surface area contributed by atoms with Gasteiger partial charge in [0.25, 0.3) is 0 Å². The van der Waals surface area contributed by atoms with Crippen LogP contribution in [0.2, 0.25) is 0 Å². The molecule has 2 nitrogen and oxygen atoms in total. The van der Waals surface area contributed by atoms with Crippen LogP contribution in [0.25, 0.3) is 0 Å². The molecule has 3 heteroatoms. The molecule has 0 aliphatic heterocycles. The van der Waals surface area contributed by atoms with Crippen molar-refractivity contribution in [3.8, 4) is 0 Å². The van der Waals surface area contributed by atoms with Crippen molar-refractivity contribution in [2.24, 2.45) is 0 Å². The average molecular weight is 332 g/mol. The zero-order valence-corrected chi connectivity index (χ0v) is 13.3. The van der Waals surface area contributed by atoms with Gasteiger partial charge in [0.2, 0.25) is 5.91 Å². The zero-order chi connectivity index (χ0) is 14.5. The van der Waals surface area contributed by atoms with Crippen LogP contribution >= 0.6 is 15.9 Å². The van der Waals surface area contributed by atoms with Crippen LogP contribution in [0.15, 0.2) is 46.9 Å². The predicted octanol–water partition coefficient (Wildman–Crippen LogP) is 4.64. The molecule has 2 aromatic rings. The van der Waals surface area contributed by atoms with Crippen LogP contribution in [0.3, 0.4) is 0 Å². The van der Waals surface area contributed by atoms with Gasteiger partial charge in [-0.25, -0.2) is 0 Å². The smallest absolute Gasteiger partial charge is 0.224 e. The quantitative estimate of drug-likeness (QED) is 0.868. The molecular formula is C17H18BrNO. The fourth-order valence-electron chi connectivity index (χ4n) is 2.21. The fraction of sp³-hybridized carbons (Fsp3) is 0.235. The number of rotatable bonds is 4. The summed E-state index contributed by atoms with van der Waals surface area (Å²) in [4.78, 5) is 12.1. The minimum atomic E-state index is 0.0578. The van der Waals surface area contributed by atoms with E-state index in [1.165, 1.54) is 5.56 Å². The average Bonchev–Trinajstić information content (AvgIpc) is 2.42. The van der Waals surface area contributed by atoms with Crippen molar-refractivity contribution in [3.05, 3.63) is 63.6 Å². The van der Waals surface area contributed by atoms with Gasteiger partial charge < -0.3 is 5.32 Å². The highest BCUT2D eigenvalue weighted by Gasteiger charge is 2.08. The first kappa shape index (κ1) is 14.8. The van der Waals surface area contributed by atoms with Crippen molar-refractivity contribution in [1.29, 1.82) is 0 Å². The van der Waals surface area contributed by atoms with E-state index in [0.717, 1.165) is 27.7 Å². The largest absolute Gasteiger partial charge is 0.326 e. The lowest BCUT2D eigenvalue weighted by Crippen LogP contribution is -2.14. The van der Waals surface area contributed by atoms with Gasteiger partial charge in [0, 0.05) is 16.6 Å². The first-order valence-electron chi connectivity index (χ1n) is 6.67. The summed E-state index contributed by atoms with van der Waals surface area (Å²) in [5, 5.41) is 3.02. The van der Waals surface area contributed by atoms with Crippen LogP contribution < -0.4 is 5.32 Å². The van der Waals surface area contributed by atoms with Crippen LogP contribution in [0.1, 0.15) is 23.1 Å². The Labute approximate surface area is 128 Å². The fourth-order valence-corrected chi connectivity index (χ4v) is 2.90. The minimum absolute atomic E-state index is 0.0578. The predicted molar refractivity (Wildman–Crippen MR) is 87.0 cm³/mol. The van der Waals surface area contributed by atoms with E-state index < -0.39 is 0 Å². The van der Waals surface area contributed by atoms with Crippen molar-refractivity contribution in [2.45, 2.75) is 26.7 Å². The molecule has 0 aromatic heterocycles. The minimum Gasteiger partial charge on any atom is -0.326 e. The van der Waals surface area contributed by atoms with Crippen molar-refractivity contribution >= 4 is 27.5 Å². The van der Waals surface area contributed by atoms with Gasteiger partial charge in [-0.05, 0) is 49.1 Å². The summed E-state index contributed by atoms with van der Waals surface area (Å²) < 4.78 is 1.04. The highest BCUT2D eigenvalue weighted by molar-refractivity contribution is 9.10. The molecular weight excluding hydrogens is 314 g/mol. The van der Waals surface area contributed by atoms with E-state index in [-0.39, 0.29) is 5.91 Å². The molecule has 2 rings (SSSR count). The van der Waals surface area contributed by atoms with E-state index in [2.05, 4.69) is 21.2 Å². The molecule has 1 amide bonds. The molecule has 104 valence electrons. The summed E-state index contributed by atoms with van der Waals surface area (Å²) in [6, 6.07) is 14.1. The molecule has 0 fully saturated rings. The van der Waals surface area contributed by atoms with Crippen molar-refractivity contribution in [2.75, 3.05) is 5.32 Å². The second-order valence-electron chi connectivity index (χ2n) is 4.95. The molecule has 0 saturated carbocycles. The van der Waals surface area contributed by atoms with E-state index in [4.69, 9.17) is 0 Å². The van der Waals surface area contributed by atoms with Crippen LogP contribution in [0.5, 0.6) is 0 Å². The number of benzene rings is 2. The number of anilines is 1. The SMILES string of the molecule is Cc1cc(Br)cc(C)c1NC(=O)CCc1ccccc1. The summed E-state index contributed by atoms with van der Waals surface area (Å²) in [7, 11) is 0. The Balaban J connectivity index is 1.98. The van der Waals surface area contributed by atoms with Gasteiger partial charge in [-0.2, -0.15) is 0 Å². The van der Waals surface area contributed by atoms with E-state index in [1.807, 2.05) is 56.3 Å². The second kappa shape index (κ2) is 6.71. The molecule has 0 spiro atoms. The van der Waals surface area contributed by atoms with Crippen LogP contribution in [-0.2, 0) is 11.2 Å². The van der Waals surface area contributed by atoms with Crippen molar-refractivity contribution in [1.82, 2.24) is 0 Å². The Morgan fingerprint density at radius 2 is 1.70 bits per heavy atom. The molecule has 0 unspecified atom stereocenters. The molecule has 1 N–H and O–H groups in total. The summed E-state index contributed by atoms with van der Waals surface area (Å²) in [6.45, 7) is 4.01. The summed E-state index contributed by atoms with van der Waals surface area (Å²) in [5.41, 5.74) is 4.26. The number of carbonyl (C=O) groups is 1. The number of aryl methyl sites for hydroxylation is 3. The maximum absolute atomic E-state index is 12.1. The third kappa shape index (κ3) is 3.94. The number of halogens is 1. The van der Waals surface area contributed by atoms with Crippen molar-refractivity contribution in [3.63, 3.8) is 0 Å². The topological polar surface area (TPSA) is 29.1 Å². The first-order valence-corrected chi connectivity index (χ1v) is 7.46. The van der Waals surface area contributed by atoms with Gasteiger partial charge in [0.05, 0.1) is 0 Å². The number of carbonyl (C=O) groups excluding carboxylic acids is 1. The lowest BCUT2D eigenvalue weighted by Gasteiger charge is -2.12. The Kier molecular flexibility index (Phi) is 4.96. The number of hydrogen-bond acceptors (Lipinski definition) is 1. The molecule has 20 heavy (non-hydrogen) atoms. The Hall–Kier alpha value is -1.61. The molecule has 0 bridgehead atoms. The van der Waals surface area contributed by atoms with Gasteiger partial charge in [0.1, 0.15) is 0 Å². The molecule has 0 aliphatic carbocycles. The van der Waals surface area contributed by atoms with Crippen LogP contribution in [-0.4, -0.2) is 5.91 Å². The Morgan fingerprint density at radius 1 is 1.10 bits per heavy atom. The van der Waals surface area contributed by atoms with Gasteiger partial charge >= 0.3 is 0 Å². The maximum atomic E-state index is 12.1. The monoisotopic (exact) mass is 331 g/mol. The Morgan fingerprint density at radius 3 is 2.30 bits per heavy atom. The van der Waals surface area contributed by atoms with Gasteiger partial charge in [-0.15, -0.1) is 0 Å². The van der Waals surface area contributed by atoms with Gasteiger partial charge in [-0.1, -0.05) is 46.3 Å². The number of hydrogen-bond donors (Lipinski definition) is 1. The van der Waals surface area contributed by atoms with E-state index in [9.17, 15) is 4.79 Å². The lowest BCUT2D eigenvalue weighted by atomic mass is 10.1. The van der Waals surface area contributed by atoms with E-state index in [1.54, 1.807) is 0 Å². The third-order valence-corrected chi connectivity index (χ3v) is 3.70. The van der Waals surface area contributed by atoms with Gasteiger partial charge in [-0.3, -0.25) is 4.79 Å². The molecule has 0 aliphatic rings. The lowest BCUT2D eigenvalue weighted by molar-refractivity contribution is -0.116. The molecule has 0 atom stereocenters. The highest BCUT2D eigenvalue weighted by atomic mass is 79.9. The Bertz CT molecular complexity index is 585. The summed E-state index contributed by atoms with van der Waals surface area (Å²) >= 11 is 3.46. The first-order chi connectivity index (χ1) is 9.56. The van der Waals surface area contributed by atoms with E-state index in [0.29, 0.717) is 6.42 Å². The number of nitrogens with one attached hydrogen (secondary N) is 1. The second-order valence-corrected chi connectivity index (χ2v) is 5.86. The standard InChI is InChI=1S/C17H18BrNO/c1-12-10-15(18)11-13(2)17(12)19-16(20)9-8-14-6-4-3-5-7-14/h3-7,10-11H,8-9H2,1-2H3,(H,19,20). The maximum Gasteiger partial charge on any atom is 0.224 e. The third-order valence-electron chi connectivity index (χ3n) is 3.25. The van der Waals surface area contributed by atoms with Crippen LogP contribution in [0, 0.1) is 13.8 Å². The normalized spacial score (nSPS) is 10.3. The summed E-state index contributed by atoms with van der Waals surface area (Å²) in [5.74, 6) is 0.0578. The van der Waals surface area contributed by atoms with E-state index >= 15 is 0 Å². The number of amides is 1. The zero-order valence-electron chi connectivity index (χ0n) is 11.7. The molecule has 0 radical (unpaired) electrons. The highest BCUT2D eigenvalue weighted by Crippen LogP contribution is 2.25. The summed E-state index contributed by atoms with van der Waals surface area (Å²) in [6.07, 6.45) is 1.26. The molecule has 0 saturated heterocycles. The van der Waals surface area contributed by atoms with Crippen LogP contribution in [0.4, 0.5) is 5.69 Å².